The minimum Gasteiger partial charge on any atom is -0.465 e. The molecule has 0 aliphatic carbocycles. The largest absolute Gasteiger partial charge is 0.465 e. The summed E-state index contributed by atoms with van der Waals surface area (Å²) in [5, 5.41) is 0.899. The van der Waals surface area contributed by atoms with Gasteiger partial charge in [-0.2, -0.15) is 0 Å². The Kier molecular flexibility index (Phi) is 5.26. The lowest BCUT2D eigenvalue weighted by atomic mass is 10.1. The summed E-state index contributed by atoms with van der Waals surface area (Å²) in [5.74, 6) is -1.67. The topological polar surface area (TPSA) is 98.4 Å². The van der Waals surface area contributed by atoms with E-state index in [1.54, 1.807) is 32.0 Å². The molecule has 2 heterocycles. The van der Waals surface area contributed by atoms with Gasteiger partial charge in [0.25, 0.3) is 0 Å². The number of ether oxygens (including phenoxy) is 2. The first kappa shape index (κ1) is 19.3. The first-order valence-electron chi connectivity index (χ1n) is 8.72. The third-order valence-electron chi connectivity index (χ3n) is 4.53. The zero-order valence-electron chi connectivity index (χ0n) is 16.0. The van der Waals surface area contributed by atoms with Crippen molar-refractivity contribution in [2.24, 2.45) is 0 Å². The third kappa shape index (κ3) is 3.51. The molecular formula is C21H20N2O5. The molecule has 1 aromatic carbocycles. The van der Waals surface area contributed by atoms with Crippen LogP contribution in [-0.2, 0) is 9.47 Å². The molecule has 1 atom stereocenters. The number of benzene rings is 1. The molecule has 0 fully saturated rings. The number of carbonyl (C=O) groups excluding carboxylic acids is 3. The molecule has 0 amide bonds. The molecule has 1 N–H and O–H groups in total. The van der Waals surface area contributed by atoms with Gasteiger partial charge in [0.15, 0.2) is 6.10 Å². The highest BCUT2D eigenvalue weighted by Gasteiger charge is 2.27. The monoisotopic (exact) mass is 380 g/mol. The Bertz CT molecular complexity index is 1080. The average molecular weight is 380 g/mol. The van der Waals surface area contributed by atoms with Crippen molar-refractivity contribution in [3.05, 3.63) is 64.6 Å². The number of para-hydroxylation sites is 1. The van der Waals surface area contributed by atoms with Gasteiger partial charge in [-0.1, -0.05) is 24.3 Å². The van der Waals surface area contributed by atoms with Gasteiger partial charge in [-0.25, -0.2) is 14.6 Å². The summed E-state index contributed by atoms with van der Waals surface area (Å²) >= 11 is 0. The SMILES string of the molecule is COC(=O)c1c(C)[nH]c(C(=O)[C@@H](C)OC(=O)c2ccc3ccccc3n2)c1C. The van der Waals surface area contributed by atoms with Crippen LogP contribution in [0.4, 0.5) is 0 Å². The second kappa shape index (κ2) is 7.64. The minimum absolute atomic E-state index is 0.119. The first-order valence-corrected chi connectivity index (χ1v) is 8.72. The van der Waals surface area contributed by atoms with E-state index in [0.29, 0.717) is 22.3 Å². The summed E-state index contributed by atoms with van der Waals surface area (Å²) in [6.45, 7) is 4.79. The molecule has 0 aliphatic heterocycles. The Morgan fingerprint density at radius 2 is 1.75 bits per heavy atom. The number of carbonyl (C=O) groups is 3. The Balaban J connectivity index is 1.80. The van der Waals surface area contributed by atoms with E-state index >= 15 is 0 Å². The van der Waals surface area contributed by atoms with Crippen LogP contribution in [0.1, 0.15) is 49.5 Å². The maximum absolute atomic E-state index is 12.7. The van der Waals surface area contributed by atoms with Crippen molar-refractivity contribution < 1.29 is 23.9 Å². The molecule has 0 saturated carbocycles. The molecule has 3 aromatic rings. The molecule has 7 heteroatoms. The summed E-state index contributed by atoms with van der Waals surface area (Å²) in [6.07, 6.45) is -1.05. The Labute approximate surface area is 161 Å². The van der Waals surface area contributed by atoms with Crippen LogP contribution in [-0.4, -0.2) is 40.9 Å². The number of esters is 2. The number of ketones is 1. The quantitative estimate of drug-likeness (QED) is 0.538. The van der Waals surface area contributed by atoms with E-state index in [9.17, 15) is 14.4 Å². The van der Waals surface area contributed by atoms with Crippen LogP contribution < -0.4 is 0 Å². The predicted molar refractivity (Wildman–Crippen MR) is 103 cm³/mol. The van der Waals surface area contributed by atoms with E-state index in [2.05, 4.69) is 9.97 Å². The number of aryl methyl sites for hydroxylation is 1. The lowest BCUT2D eigenvalue weighted by molar-refractivity contribution is 0.0311. The Hall–Kier alpha value is -3.48. The average Bonchev–Trinajstić information content (AvgIpc) is 3.00. The molecule has 144 valence electrons. The predicted octanol–water partition coefficient (Wildman–Crippen LogP) is 3.39. The zero-order chi connectivity index (χ0) is 20.4. The van der Waals surface area contributed by atoms with E-state index in [4.69, 9.17) is 9.47 Å². The maximum atomic E-state index is 12.7. The van der Waals surface area contributed by atoms with Crippen molar-refractivity contribution in [1.29, 1.82) is 0 Å². The minimum atomic E-state index is -1.05. The van der Waals surface area contributed by atoms with Gasteiger partial charge in [0.1, 0.15) is 5.69 Å². The Morgan fingerprint density at radius 1 is 1.04 bits per heavy atom. The molecule has 0 spiro atoms. The number of nitrogens with one attached hydrogen (secondary N) is 1. The zero-order valence-corrected chi connectivity index (χ0v) is 16.0. The van der Waals surface area contributed by atoms with Crippen LogP contribution in [0.25, 0.3) is 10.9 Å². The Morgan fingerprint density at radius 3 is 2.46 bits per heavy atom. The van der Waals surface area contributed by atoms with Crippen molar-refractivity contribution >= 4 is 28.6 Å². The van der Waals surface area contributed by atoms with Gasteiger partial charge in [0, 0.05) is 11.1 Å². The molecule has 0 radical (unpaired) electrons. The van der Waals surface area contributed by atoms with Crippen molar-refractivity contribution in [2.45, 2.75) is 26.9 Å². The number of rotatable bonds is 5. The van der Waals surface area contributed by atoms with Crippen LogP contribution in [0.5, 0.6) is 0 Å². The van der Waals surface area contributed by atoms with E-state index < -0.39 is 23.8 Å². The van der Waals surface area contributed by atoms with Gasteiger partial charge >= 0.3 is 11.9 Å². The van der Waals surface area contributed by atoms with Gasteiger partial charge in [0.05, 0.1) is 23.9 Å². The first-order chi connectivity index (χ1) is 13.3. The molecule has 0 bridgehead atoms. The fourth-order valence-electron chi connectivity index (χ4n) is 3.06. The number of methoxy groups -OCH3 is 1. The van der Waals surface area contributed by atoms with Crippen molar-refractivity contribution in [2.75, 3.05) is 7.11 Å². The van der Waals surface area contributed by atoms with Crippen LogP contribution in [0, 0.1) is 13.8 Å². The lowest BCUT2D eigenvalue weighted by Crippen LogP contribution is -2.25. The van der Waals surface area contributed by atoms with Crippen LogP contribution >= 0.6 is 0 Å². The van der Waals surface area contributed by atoms with Gasteiger partial charge in [-0.15, -0.1) is 0 Å². The normalized spacial score (nSPS) is 11.9. The van der Waals surface area contributed by atoms with Gasteiger partial charge in [-0.3, -0.25) is 4.79 Å². The molecule has 0 unspecified atom stereocenters. The molecule has 0 aliphatic rings. The summed E-state index contributed by atoms with van der Waals surface area (Å²) in [6, 6.07) is 10.7. The third-order valence-corrected chi connectivity index (χ3v) is 4.53. The smallest absolute Gasteiger partial charge is 0.357 e. The summed E-state index contributed by atoms with van der Waals surface area (Å²) in [7, 11) is 1.27. The van der Waals surface area contributed by atoms with E-state index in [-0.39, 0.29) is 11.4 Å². The molecule has 3 rings (SSSR count). The standard InChI is InChI=1S/C21H20N2O5/c1-11-17(21(26)27-4)12(2)22-18(11)19(24)13(3)28-20(25)16-10-9-14-7-5-6-8-15(14)23-16/h5-10,13,22H,1-4H3/t13-/m1/s1. The van der Waals surface area contributed by atoms with Gasteiger partial charge in [-0.05, 0) is 38.5 Å². The van der Waals surface area contributed by atoms with Crippen LogP contribution in [0.15, 0.2) is 36.4 Å². The highest BCUT2D eigenvalue weighted by molar-refractivity contribution is 6.04. The number of hydrogen-bond acceptors (Lipinski definition) is 6. The number of aromatic amines is 1. The number of pyridine rings is 1. The number of nitrogens with zero attached hydrogens (tertiary/aromatic N) is 1. The van der Waals surface area contributed by atoms with E-state index in [1.807, 2.05) is 18.2 Å². The molecule has 28 heavy (non-hydrogen) atoms. The van der Waals surface area contributed by atoms with Crippen molar-refractivity contribution in [3.63, 3.8) is 0 Å². The number of H-pyrrole nitrogens is 1. The summed E-state index contributed by atoms with van der Waals surface area (Å²) in [4.78, 5) is 44.2. The second-order valence-corrected chi connectivity index (χ2v) is 6.42. The number of Topliss-reactive ketones (excluding diaryl/α,β-unsaturated/α-hetero) is 1. The van der Waals surface area contributed by atoms with Crippen molar-refractivity contribution in [1.82, 2.24) is 9.97 Å². The van der Waals surface area contributed by atoms with Crippen molar-refractivity contribution in [3.8, 4) is 0 Å². The molecule has 0 saturated heterocycles. The van der Waals surface area contributed by atoms with Crippen LogP contribution in [0.3, 0.4) is 0 Å². The second-order valence-electron chi connectivity index (χ2n) is 6.42. The van der Waals surface area contributed by atoms with Gasteiger partial charge < -0.3 is 14.5 Å². The van der Waals surface area contributed by atoms with Crippen LogP contribution in [0.2, 0.25) is 0 Å². The van der Waals surface area contributed by atoms with E-state index in [0.717, 1.165) is 5.39 Å². The molecule has 7 nitrogen and oxygen atoms in total. The number of fused-ring (bicyclic) bond motifs is 1. The number of aromatic nitrogens is 2. The molecule has 2 aromatic heterocycles. The molecular weight excluding hydrogens is 360 g/mol. The maximum Gasteiger partial charge on any atom is 0.357 e. The highest BCUT2D eigenvalue weighted by atomic mass is 16.5. The number of hydrogen-bond donors (Lipinski definition) is 1. The van der Waals surface area contributed by atoms with E-state index in [1.165, 1.54) is 14.0 Å². The fourth-order valence-corrected chi connectivity index (χ4v) is 3.06. The lowest BCUT2D eigenvalue weighted by Gasteiger charge is -2.12. The highest BCUT2D eigenvalue weighted by Crippen LogP contribution is 2.21. The fraction of sp³-hybridized carbons (Fsp3) is 0.238. The summed E-state index contributed by atoms with van der Waals surface area (Å²) in [5.41, 5.74) is 2.27. The summed E-state index contributed by atoms with van der Waals surface area (Å²) < 4.78 is 10.1. The van der Waals surface area contributed by atoms with Gasteiger partial charge in [0.2, 0.25) is 5.78 Å².